The number of rotatable bonds is 2. The summed E-state index contributed by atoms with van der Waals surface area (Å²) in [5.74, 6) is 0.0993. The fraction of sp³-hybridized carbons (Fsp3) is 0.471. The molecule has 6 nitrogen and oxygen atoms in total. The average Bonchev–Trinajstić information content (AvgIpc) is 2.55. The molecule has 1 aliphatic carbocycles. The van der Waals surface area contributed by atoms with E-state index in [0.29, 0.717) is 18.4 Å². The Morgan fingerprint density at radius 1 is 1.26 bits per heavy atom. The Balaban J connectivity index is 1.80. The van der Waals surface area contributed by atoms with Crippen molar-refractivity contribution in [2.75, 3.05) is 4.90 Å². The van der Waals surface area contributed by atoms with E-state index in [9.17, 15) is 9.59 Å². The highest BCUT2D eigenvalue weighted by atomic mass is 16.4. The van der Waals surface area contributed by atoms with Crippen LogP contribution in [0.15, 0.2) is 18.2 Å². The first kappa shape index (κ1) is 15.3. The van der Waals surface area contributed by atoms with Crippen molar-refractivity contribution in [1.29, 1.82) is 5.26 Å². The maximum Gasteiger partial charge on any atom is 0.404 e. The minimum absolute atomic E-state index is 0.0337. The van der Waals surface area contributed by atoms with Crippen molar-refractivity contribution in [2.45, 2.75) is 50.6 Å². The van der Waals surface area contributed by atoms with Crippen LogP contribution in [0.3, 0.4) is 0 Å². The zero-order valence-electron chi connectivity index (χ0n) is 12.8. The summed E-state index contributed by atoms with van der Waals surface area (Å²) < 4.78 is 0. The van der Waals surface area contributed by atoms with E-state index in [0.717, 1.165) is 36.9 Å². The Morgan fingerprint density at radius 3 is 2.65 bits per heavy atom. The number of benzene rings is 1. The lowest BCUT2D eigenvalue weighted by Gasteiger charge is -2.39. The maximum absolute atomic E-state index is 12.4. The highest BCUT2D eigenvalue weighted by Gasteiger charge is 2.33. The third kappa shape index (κ3) is 3.14. The van der Waals surface area contributed by atoms with Gasteiger partial charge in [-0.1, -0.05) is 6.07 Å². The predicted molar refractivity (Wildman–Crippen MR) is 84.2 cm³/mol. The van der Waals surface area contributed by atoms with Crippen LogP contribution in [-0.2, 0) is 11.2 Å². The number of carbonyl (C=O) groups is 2. The third-order valence-electron chi connectivity index (χ3n) is 4.74. The number of carbonyl (C=O) groups excluding carboxylic acids is 1. The van der Waals surface area contributed by atoms with Crippen LogP contribution in [0.2, 0.25) is 0 Å². The molecule has 2 amide bonds. The second-order valence-corrected chi connectivity index (χ2v) is 6.17. The molecule has 0 atom stereocenters. The summed E-state index contributed by atoms with van der Waals surface area (Å²) in [5.41, 5.74) is 2.52. The summed E-state index contributed by atoms with van der Waals surface area (Å²) in [6, 6.07) is 7.71. The minimum atomic E-state index is -0.994. The van der Waals surface area contributed by atoms with Gasteiger partial charge >= 0.3 is 6.09 Å². The van der Waals surface area contributed by atoms with Crippen LogP contribution >= 0.6 is 0 Å². The van der Waals surface area contributed by atoms with Gasteiger partial charge in [-0.2, -0.15) is 5.26 Å². The molecule has 1 saturated carbocycles. The summed E-state index contributed by atoms with van der Waals surface area (Å²) in [6.45, 7) is 0. The number of nitriles is 1. The topological polar surface area (TPSA) is 93.4 Å². The minimum Gasteiger partial charge on any atom is -0.465 e. The Bertz CT molecular complexity index is 672. The lowest BCUT2D eigenvalue weighted by Crippen LogP contribution is -2.47. The molecule has 0 bridgehead atoms. The van der Waals surface area contributed by atoms with Gasteiger partial charge < -0.3 is 15.3 Å². The first-order chi connectivity index (χ1) is 11.1. The molecule has 1 heterocycles. The SMILES string of the molecule is N#Cc1ccc2c(c1)N(C1CCC(NC(=O)O)CC1)C(=O)CC2. The molecule has 1 aromatic carbocycles. The van der Waals surface area contributed by atoms with E-state index in [1.165, 1.54) is 0 Å². The number of nitrogens with one attached hydrogen (secondary N) is 1. The molecular formula is C17H19N3O3. The standard InChI is InChI=1S/C17H19N3O3/c18-10-11-1-2-12-3-8-16(21)20(15(12)9-11)14-6-4-13(5-7-14)19-17(22)23/h1-2,9,13-14,19H,3-8H2,(H,22,23). The molecule has 0 radical (unpaired) electrons. The van der Waals surface area contributed by atoms with E-state index in [-0.39, 0.29) is 18.0 Å². The zero-order chi connectivity index (χ0) is 16.4. The van der Waals surface area contributed by atoms with Gasteiger partial charge in [0.25, 0.3) is 0 Å². The highest BCUT2D eigenvalue weighted by molar-refractivity contribution is 5.97. The number of amides is 2. The van der Waals surface area contributed by atoms with Crippen molar-refractivity contribution in [3.8, 4) is 6.07 Å². The second kappa shape index (κ2) is 6.29. The molecule has 6 heteroatoms. The fourth-order valence-electron chi connectivity index (χ4n) is 3.62. The number of carboxylic acid groups (broad SMARTS) is 1. The molecule has 0 unspecified atom stereocenters. The van der Waals surface area contributed by atoms with E-state index in [2.05, 4.69) is 11.4 Å². The first-order valence-corrected chi connectivity index (χ1v) is 7.93. The van der Waals surface area contributed by atoms with Crippen molar-refractivity contribution in [2.24, 2.45) is 0 Å². The van der Waals surface area contributed by atoms with Crippen LogP contribution in [0.4, 0.5) is 10.5 Å². The largest absolute Gasteiger partial charge is 0.465 e. The normalized spacial score (nSPS) is 23.8. The van der Waals surface area contributed by atoms with Gasteiger partial charge in [0, 0.05) is 24.2 Å². The van der Waals surface area contributed by atoms with Crippen molar-refractivity contribution >= 4 is 17.7 Å². The molecular weight excluding hydrogens is 294 g/mol. The van der Waals surface area contributed by atoms with Gasteiger partial charge in [0.1, 0.15) is 0 Å². The molecule has 0 saturated heterocycles. The van der Waals surface area contributed by atoms with Crippen molar-refractivity contribution < 1.29 is 14.7 Å². The quantitative estimate of drug-likeness (QED) is 0.876. The van der Waals surface area contributed by atoms with Crippen LogP contribution in [-0.4, -0.2) is 29.2 Å². The number of hydrogen-bond donors (Lipinski definition) is 2. The van der Waals surface area contributed by atoms with E-state index < -0.39 is 6.09 Å². The summed E-state index contributed by atoms with van der Waals surface area (Å²) in [6.07, 6.45) is 3.21. The molecule has 3 rings (SSSR count). The van der Waals surface area contributed by atoms with Gasteiger partial charge in [-0.25, -0.2) is 4.79 Å². The molecule has 23 heavy (non-hydrogen) atoms. The maximum atomic E-state index is 12.4. The number of anilines is 1. The molecule has 1 aromatic rings. The molecule has 1 aliphatic heterocycles. The summed E-state index contributed by atoms with van der Waals surface area (Å²) in [4.78, 5) is 25.0. The summed E-state index contributed by atoms with van der Waals surface area (Å²) in [7, 11) is 0. The summed E-state index contributed by atoms with van der Waals surface area (Å²) >= 11 is 0. The Hall–Kier alpha value is -2.55. The van der Waals surface area contributed by atoms with E-state index >= 15 is 0 Å². The van der Waals surface area contributed by atoms with Crippen LogP contribution in [0.1, 0.15) is 43.2 Å². The smallest absolute Gasteiger partial charge is 0.404 e. The van der Waals surface area contributed by atoms with Crippen LogP contribution in [0.5, 0.6) is 0 Å². The van der Waals surface area contributed by atoms with Gasteiger partial charge in [0.05, 0.1) is 11.6 Å². The summed E-state index contributed by atoms with van der Waals surface area (Å²) in [5, 5.41) is 20.4. The lowest BCUT2D eigenvalue weighted by atomic mass is 9.87. The Morgan fingerprint density at radius 2 is 2.00 bits per heavy atom. The van der Waals surface area contributed by atoms with Crippen LogP contribution in [0, 0.1) is 11.3 Å². The number of nitrogens with zero attached hydrogens (tertiary/aromatic N) is 2. The monoisotopic (exact) mass is 313 g/mol. The van der Waals surface area contributed by atoms with E-state index in [1.54, 1.807) is 12.1 Å². The highest BCUT2D eigenvalue weighted by Crippen LogP contribution is 2.34. The van der Waals surface area contributed by atoms with Gasteiger partial charge in [-0.05, 0) is 49.8 Å². The van der Waals surface area contributed by atoms with Crippen LogP contribution < -0.4 is 10.2 Å². The van der Waals surface area contributed by atoms with Gasteiger partial charge in [0.2, 0.25) is 5.91 Å². The van der Waals surface area contributed by atoms with Crippen molar-refractivity contribution in [3.05, 3.63) is 29.3 Å². The molecule has 120 valence electrons. The molecule has 2 N–H and O–H groups in total. The van der Waals surface area contributed by atoms with Gasteiger partial charge in [-0.3, -0.25) is 4.79 Å². The lowest BCUT2D eigenvalue weighted by molar-refractivity contribution is -0.119. The number of fused-ring (bicyclic) bond motifs is 1. The molecule has 2 aliphatic rings. The van der Waals surface area contributed by atoms with Gasteiger partial charge in [0.15, 0.2) is 0 Å². The van der Waals surface area contributed by atoms with Crippen molar-refractivity contribution in [3.63, 3.8) is 0 Å². The third-order valence-corrected chi connectivity index (χ3v) is 4.74. The Kier molecular flexibility index (Phi) is 4.20. The molecule has 0 spiro atoms. The molecule has 0 aromatic heterocycles. The second-order valence-electron chi connectivity index (χ2n) is 6.17. The first-order valence-electron chi connectivity index (χ1n) is 7.93. The van der Waals surface area contributed by atoms with E-state index in [1.807, 2.05) is 11.0 Å². The number of aryl methyl sites for hydroxylation is 1. The van der Waals surface area contributed by atoms with Crippen LogP contribution in [0.25, 0.3) is 0 Å². The van der Waals surface area contributed by atoms with Gasteiger partial charge in [-0.15, -0.1) is 0 Å². The number of hydrogen-bond acceptors (Lipinski definition) is 3. The fourth-order valence-corrected chi connectivity index (χ4v) is 3.62. The van der Waals surface area contributed by atoms with Crippen molar-refractivity contribution in [1.82, 2.24) is 5.32 Å². The average molecular weight is 313 g/mol. The predicted octanol–water partition coefficient (Wildman–Crippen LogP) is 2.42. The van der Waals surface area contributed by atoms with E-state index in [4.69, 9.17) is 10.4 Å². The molecule has 1 fully saturated rings. The zero-order valence-corrected chi connectivity index (χ0v) is 12.8. The Labute approximate surface area is 134 Å².